The van der Waals surface area contributed by atoms with Crippen molar-refractivity contribution in [2.45, 2.75) is 12.5 Å². The molecule has 1 N–H and O–H groups in total. The molecule has 112 valence electrons. The Labute approximate surface area is 122 Å². The summed E-state index contributed by atoms with van der Waals surface area (Å²) in [5.74, 6) is 0.902. The van der Waals surface area contributed by atoms with Gasteiger partial charge in [-0.2, -0.15) is 0 Å². The molecule has 1 fully saturated rings. The lowest BCUT2D eigenvalue weighted by molar-refractivity contribution is 0.415. The third kappa shape index (κ3) is 2.73. The number of H-pyrrole nitrogens is 1. The van der Waals surface area contributed by atoms with Crippen molar-refractivity contribution in [3.8, 4) is 17.0 Å². The molecule has 3 rings (SSSR count). The van der Waals surface area contributed by atoms with Crippen LogP contribution in [-0.2, 0) is 9.84 Å². The van der Waals surface area contributed by atoms with E-state index in [1.165, 1.54) is 10.7 Å². The van der Waals surface area contributed by atoms with E-state index in [0.717, 1.165) is 11.3 Å². The van der Waals surface area contributed by atoms with Crippen molar-refractivity contribution in [1.29, 1.82) is 0 Å². The van der Waals surface area contributed by atoms with Crippen molar-refractivity contribution < 1.29 is 13.2 Å². The third-order valence-corrected chi connectivity index (χ3v) is 5.47. The molecule has 1 aliphatic rings. The van der Waals surface area contributed by atoms with E-state index in [9.17, 15) is 13.2 Å². The lowest BCUT2D eigenvalue weighted by atomic mass is 10.1. The van der Waals surface area contributed by atoms with Gasteiger partial charge in [-0.25, -0.2) is 13.1 Å². The van der Waals surface area contributed by atoms with Crippen LogP contribution >= 0.6 is 0 Å². The molecule has 0 aliphatic carbocycles. The van der Waals surface area contributed by atoms with E-state index in [1.54, 1.807) is 7.11 Å². The molecule has 0 saturated carbocycles. The molecule has 1 aliphatic heterocycles. The summed E-state index contributed by atoms with van der Waals surface area (Å²) >= 11 is 0. The van der Waals surface area contributed by atoms with E-state index < -0.39 is 9.84 Å². The summed E-state index contributed by atoms with van der Waals surface area (Å²) in [5, 5.41) is 3.01. The van der Waals surface area contributed by atoms with Crippen molar-refractivity contribution in [3.63, 3.8) is 0 Å². The first-order valence-corrected chi connectivity index (χ1v) is 8.47. The number of nitrogens with zero attached hydrogens (tertiary/aromatic N) is 1. The molecule has 0 bridgehead atoms. The van der Waals surface area contributed by atoms with Crippen LogP contribution < -0.4 is 10.3 Å². The smallest absolute Gasteiger partial charge is 0.267 e. The lowest BCUT2D eigenvalue weighted by Crippen LogP contribution is -2.22. The molecule has 1 aromatic heterocycles. The van der Waals surface area contributed by atoms with Crippen LogP contribution in [-0.4, -0.2) is 36.8 Å². The Hall–Kier alpha value is -2.02. The molecule has 6 nitrogen and oxygen atoms in total. The van der Waals surface area contributed by atoms with E-state index in [2.05, 4.69) is 5.10 Å². The maximum atomic E-state index is 12.0. The summed E-state index contributed by atoms with van der Waals surface area (Å²) in [4.78, 5) is 12.0. The Morgan fingerprint density at radius 2 is 2.00 bits per heavy atom. The van der Waals surface area contributed by atoms with E-state index in [-0.39, 0.29) is 23.1 Å². The van der Waals surface area contributed by atoms with Gasteiger partial charge in [-0.05, 0) is 36.2 Å². The Bertz CT molecular complexity index is 802. The molecule has 7 heteroatoms. The molecule has 0 amide bonds. The Morgan fingerprint density at radius 3 is 2.57 bits per heavy atom. The molecule has 1 aromatic carbocycles. The second-order valence-corrected chi connectivity index (χ2v) is 7.39. The fourth-order valence-electron chi connectivity index (χ4n) is 2.58. The number of hydrogen-bond donors (Lipinski definition) is 1. The highest BCUT2D eigenvalue weighted by molar-refractivity contribution is 7.91. The zero-order valence-corrected chi connectivity index (χ0v) is 12.4. The van der Waals surface area contributed by atoms with Crippen molar-refractivity contribution in [2.24, 2.45) is 0 Å². The average molecular weight is 308 g/mol. The Balaban J connectivity index is 1.92. The van der Waals surface area contributed by atoms with Gasteiger partial charge in [0.05, 0.1) is 30.4 Å². The number of hydrogen-bond acceptors (Lipinski definition) is 4. The van der Waals surface area contributed by atoms with E-state index in [0.29, 0.717) is 12.1 Å². The fourth-order valence-corrected chi connectivity index (χ4v) is 4.28. The monoisotopic (exact) mass is 308 g/mol. The SMILES string of the molecule is COc1ccc(-c2cc(=O)n(C3CCS(=O)(=O)C3)[nH]2)cc1. The zero-order chi connectivity index (χ0) is 15.0. The Kier molecular flexibility index (Phi) is 3.36. The molecule has 1 atom stereocenters. The summed E-state index contributed by atoms with van der Waals surface area (Å²) in [6.07, 6.45) is 0.477. The van der Waals surface area contributed by atoms with Crippen molar-refractivity contribution in [1.82, 2.24) is 9.78 Å². The number of benzene rings is 1. The van der Waals surface area contributed by atoms with Crippen LogP contribution in [0.3, 0.4) is 0 Å². The van der Waals surface area contributed by atoms with Gasteiger partial charge in [0.2, 0.25) is 0 Å². The number of rotatable bonds is 3. The van der Waals surface area contributed by atoms with E-state index >= 15 is 0 Å². The van der Waals surface area contributed by atoms with Gasteiger partial charge in [-0.3, -0.25) is 9.89 Å². The van der Waals surface area contributed by atoms with Crippen LogP contribution in [0.4, 0.5) is 0 Å². The van der Waals surface area contributed by atoms with Gasteiger partial charge in [0.15, 0.2) is 9.84 Å². The number of methoxy groups -OCH3 is 1. The van der Waals surface area contributed by atoms with Crippen LogP contribution in [0.15, 0.2) is 35.1 Å². The van der Waals surface area contributed by atoms with Gasteiger partial charge in [-0.1, -0.05) is 0 Å². The summed E-state index contributed by atoms with van der Waals surface area (Å²) in [6.45, 7) is 0. The lowest BCUT2D eigenvalue weighted by Gasteiger charge is -2.08. The third-order valence-electron chi connectivity index (χ3n) is 3.72. The molecule has 21 heavy (non-hydrogen) atoms. The zero-order valence-electron chi connectivity index (χ0n) is 11.6. The van der Waals surface area contributed by atoms with Gasteiger partial charge < -0.3 is 4.74 Å². The highest BCUT2D eigenvalue weighted by Gasteiger charge is 2.30. The van der Waals surface area contributed by atoms with Crippen molar-refractivity contribution in [2.75, 3.05) is 18.6 Å². The normalized spacial score (nSPS) is 20.5. The maximum absolute atomic E-state index is 12.0. The molecule has 1 unspecified atom stereocenters. The Morgan fingerprint density at radius 1 is 1.29 bits per heavy atom. The van der Waals surface area contributed by atoms with Gasteiger partial charge in [0.1, 0.15) is 5.75 Å². The van der Waals surface area contributed by atoms with Crippen LogP contribution in [0, 0.1) is 0 Å². The van der Waals surface area contributed by atoms with Crippen molar-refractivity contribution in [3.05, 3.63) is 40.7 Å². The van der Waals surface area contributed by atoms with Crippen LogP contribution in [0.25, 0.3) is 11.3 Å². The minimum absolute atomic E-state index is 0.0233. The second kappa shape index (κ2) is 5.07. The van der Waals surface area contributed by atoms with Crippen LogP contribution in [0.2, 0.25) is 0 Å². The maximum Gasteiger partial charge on any atom is 0.267 e. The minimum atomic E-state index is -3.02. The molecule has 1 saturated heterocycles. The van der Waals surface area contributed by atoms with Gasteiger partial charge in [0.25, 0.3) is 5.56 Å². The van der Waals surface area contributed by atoms with E-state index in [1.807, 2.05) is 24.3 Å². The predicted molar refractivity (Wildman–Crippen MR) is 79.3 cm³/mol. The first-order chi connectivity index (χ1) is 9.98. The number of aromatic nitrogens is 2. The first-order valence-electron chi connectivity index (χ1n) is 6.65. The van der Waals surface area contributed by atoms with Gasteiger partial charge in [-0.15, -0.1) is 0 Å². The quantitative estimate of drug-likeness (QED) is 0.924. The average Bonchev–Trinajstić information content (AvgIpc) is 3.01. The molecule has 2 heterocycles. The van der Waals surface area contributed by atoms with Crippen LogP contribution in [0.1, 0.15) is 12.5 Å². The van der Waals surface area contributed by atoms with E-state index in [4.69, 9.17) is 4.74 Å². The summed E-state index contributed by atoms with van der Waals surface area (Å²) in [5.41, 5.74) is 1.32. The number of ether oxygens (including phenoxy) is 1. The number of nitrogens with one attached hydrogen (secondary N) is 1. The standard InChI is InChI=1S/C14H16N2O4S/c1-20-12-4-2-10(3-5-12)13-8-14(17)16(15-13)11-6-7-21(18,19)9-11/h2-5,8,11,15H,6-7,9H2,1H3. The fraction of sp³-hybridized carbons (Fsp3) is 0.357. The number of aromatic amines is 1. The second-order valence-electron chi connectivity index (χ2n) is 5.16. The predicted octanol–water partition coefficient (Wildman–Crippen LogP) is 1.21. The highest BCUT2D eigenvalue weighted by atomic mass is 32.2. The topological polar surface area (TPSA) is 81.2 Å². The largest absolute Gasteiger partial charge is 0.497 e. The minimum Gasteiger partial charge on any atom is -0.497 e. The molecule has 0 radical (unpaired) electrons. The molecule has 0 spiro atoms. The van der Waals surface area contributed by atoms with Gasteiger partial charge >= 0.3 is 0 Å². The summed E-state index contributed by atoms with van der Waals surface area (Å²) in [7, 11) is -1.43. The van der Waals surface area contributed by atoms with Gasteiger partial charge in [0, 0.05) is 6.07 Å². The van der Waals surface area contributed by atoms with Crippen molar-refractivity contribution >= 4 is 9.84 Å². The highest BCUT2D eigenvalue weighted by Crippen LogP contribution is 2.24. The molecule has 2 aromatic rings. The van der Waals surface area contributed by atoms with Crippen LogP contribution in [0.5, 0.6) is 5.75 Å². The number of sulfone groups is 1. The summed E-state index contributed by atoms with van der Waals surface area (Å²) in [6, 6.07) is 8.51. The first kappa shape index (κ1) is 13.9. The molecular weight excluding hydrogens is 292 g/mol. The molecular formula is C14H16N2O4S. The summed E-state index contributed by atoms with van der Waals surface area (Å²) < 4.78 is 29.6.